The molecule has 0 amide bonds. The molecule has 0 atom stereocenters. The number of unbranched alkanes of at least 4 members (excludes halogenated alkanes) is 12. The van der Waals surface area contributed by atoms with Crippen molar-refractivity contribution >= 4 is 22.5 Å². The van der Waals surface area contributed by atoms with Crippen molar-refractivity contribution < 1.29 is 0 Å². The molecule has 3 aromatic carbocycles. The van der Waals surface area contributed by atoms with Crippen LogP contribution in [0.25, 0.3) is 0 Å². The summed E-state index contributed by atoms with van der Waals surface area (Å²) >= 11 is 0. The maximum atomic E-state index is 2.44. The second-order valence-electron chi connectivity index (χ2n) is 11.2. The topological polar surface area (TPSA) is 0 Å². The third-order valence-corrected chi connectivity index (χ3v) is 16.0. The Morgan fingerprint density at radius 1 is 0.351 bits per heavy atom. The Balaban J connectivity index is 1.70. The van der Waals surface area contributed by atoms with Gasteiger partial charge in [-0.2, -0.15) is 0 Å². The van der Waals surface area contributed by atoms with Gasteiger partial charge in [-0.05, 0) is 0 Å². The van der Waals surface area contributed by atoms with Gasteiger partial charge in [0.15, 0.2) is 0 Å². The first kappa shape index (κ1) is 29.6. The van der Waals surface area contributed by atoms with E-state index in [1.54, 1.807) is 15.9 Å². The van der Waals surface area contributed by atoms with Crippen LogP contribution in [0.2, 0.25) is 0 Å². The quantitative estimate of drug-likeness (QED) is 0.110. The van der Waals surface area contributed by atoms with Gasteiger partial charge in [0.05, 0.1) is 0 Å². The molecule has 0 aliphatic rings. The van der Waals surface area contributed by atoms with Crippen molar-refractivity contribution in [1.82, 2.24) is 0 Å². The molecule has 0 N–H and O–H groups in total. The summed E-state index contributed by atoms with van der Waals surface area (Å²) in [6.07, 6.45) is 22.0. The summed E-state index contributed by atoms with van der Waals surface area (Å²) in [5.74, 6) is 0. The van der Waals surface area contributed by atoms with E-state index in [1.165, 1.54) is 102 Å². The van der Waals surface area contributed by atoms with Gasteiger partial charge in [-0.15, -0.1) is 0 Å². The monoisotopic (exact) mass is 516 g/mol. The second-order valence-corrected chi connectivity index (χ2v) is 16.7. The summed E-state index contributed by atoms with van der Waals surface area (Å²) in [5, 5.41) is 4.73. The van der Waals surface area contributed by atoms with Crippen LogP contribution in [0.1, 0.15) is 104 Å². The van der Waals surface area contributed by atoms with E-state index in [2.05, 4.69) is 105 Å². The first-order valence-corrected chi connectivity index (χ1v) is 18.1. The molecular formula is C36H53P. The van der Waals surface area contributed by atoms with Gasteiger partial charge in [-0.25, -0.2) is 0 Å². The van der Waals surface area contributed by atoms with Gasteiger partial charge in [0.1, 0.15) is 0 Å². The zero-order valence-electron chi connectivity index (χ0n) is 23.9. The molecule has 3 aromatic rings. The normalized spacial score (nSPS) is 12.8. The zero-order chi connectivity index (χ0) is 26.1. The molecule has 37 heavy (non-hydrogen) atoms. The third kappa shape index (κ3) is 7.57. The van der Waals surface area contributed by atoms with Gasteiger partial charge in [0.25, 0.3) is 0 Å². The van der Waals surface area contributed by atoms with E-state index in [0.717, 1.165) is 0 Å². The molecule has 0 saturated heterocycles. The molecule has 0 radical (unpaired) electrons. The molecule has 0 nitrogen and oxygen atoms in total. The van der Waals surface area contributed by atoms with E-state index in [0.29, 0.717) is 0 Å². The van der Waals surface area contributed by atoms with Crippen molar-refractivity contribution in [2.45, 2.75) is 104 Å². The van der Waals surface area contributed by atoms with Crippen LogP contribution in [-0.2, 0) is 0 Å². The SMILES string of the molecule is CCCCCCCCCCCCCCCP(CCC)(c1ccccc1)(c1ccccc1)c1ccccc1. The van der Waals surface area contributed by atoms with Crippen molar-refractivity contribution in [3.8, 4) is 0 Å². The van der Waals surface area contributed by atoms with Crippen LogP contribution in [0.4, 0.5) is 0 Å². The predicted molar refractivity (Wildman–Crippen MR) is 171 cm³/mol. The van der Waals surface area contributed by atoms with Gasteiger partial charge in [-0.3, -0.25) is 0 Å². The van der Waals surface area contributed by atoms with Crippen LogP contribution in [0.15, 0.2) is 91.0 Å². The average Bonchev–Trinajstić information content (AvgIpc) is 2.96. The Morgan fingerprint density at radius 3 is 1.00 bits per heavy atom. The van der Waals surface area contributed by atoms with Gasteiger partial charge >= 0.3 is 210 Å². The molecule has 0 saturated carbocycles. The minimum absolute atomic E-state index is 1.20. The van der Waals surface area contributed by atoms with Crippen LogP contribution >= 0.6 is 6.60 Å². The number of hydrogen-bond acceptors (Lipinski definition) is 0. The molecule has 0 heterocycles. The van der Waals surface area contributed by atoms with Gasteiger partial charge in [0, 0.05) is 0 Å². The van der Waals surface area contributed by atoms with Crippen molar-refractivity contribution in [1.29, 1.82) is 0 Å². The summed E-state index contributed by atoms with van der Waals surface area (Å²) in [4.78, 5) is 0. The van der Waals surface area contributed by atoms with Crippen LogP contribution in [0, 0.1) is 0 Å². The molecule has 1 heteroatoms. The summed E-state index contributed by atoms with van der Waals surface area (Å²) in [7, 11) is 0. The van der Waals surface area contributed by atoms with Crippen LogP contribution in [0.5, 0.6) is 0 Å². The van der Waals surface area contributed by atoms with Crippen molar-refractivity contribution in [3.05, 3.63) is 91.0 Å². The molecule has 202 valence electrons. The maximum absolute atomic E-state index is 2.59. The van der Waals surface area contributed by atoms with Gasteiger partial charge in [0.2, 0.25) is 0 Å². The molecule has 0 fully saturated rings. The van der Waals surface area contributed by atoms with E-state index < -0.39 is 6.60 Å². The number of rotatable bonds is 19. The Kier molecular flexibility index (Phi) is 12.9. The summed E-state index contributed by atoms with van der Waals surface area (Å²) < 4.78 is 0. The van der Waals surface area contributed by atoms with Crippen LogP contribution < -0.4 is 15.9 Å². The Morgan fingerprint density at radius 2 is 0.676 bits per heavy atom. The summed E-state index contributed by atoms with van der Waals surface area (Å²) in [6.45, 7) is 2.10. The number of benzene rings is 3. The molecule has 0 unspecified atom stereocenters. The first-order chi connectivity index (χ1) is 18.3. The zero-order valence-corrected chi connectivity index (χ0v) is 24.8. The first-order valence-electron chi connectivity index (χ1n) is 15.4. The fraction of sp³-hybridized carbons (Fsp3) is 0.500. The third-order valence-electron chi connectivity index (χ3n) is 8.61. The fourth-order valence-corrected chi connectivity index (χ4v) is 13.9. The van der Waals surface area contributed by atoms with E-state index in [9.17, 15) is 0 Å². The molecule has 0 aromatic heterocycles. The molecule has 0 spiro atoms. The summed E-state index contributed by atoms with van der Waals surface area (Å²) in [5.41, 5.74) is 0. The Labute approximate surface area is 229 Å². The van der Waals surface area contributed by atoms with Crippen LogP contribution in [-0.4, -0.2) is 12.3 Å². The van der Waals surface area contributed by atoms with Crippen LogP contribution in [0.3, 0.4) is 0 Å². The average molecular weight is 517 g/mol. The standard InChI is InChI=1S/C36H53P/c1-3-5-6-7-8-9-10-11-12-13-14-15-25-33-37(32-4-2,34-26-19-16-20-27-34,35-28-21-17-22-29-35)36-30-23-18-24-31-36/h16-24,26-31H,3-15,25,32-33H2,1-2H3. The predicted octanol–water partition coefficient (Wildman–Crippen LogP) is 10.0. The Hall–Kier alpha value is -1.91. The van der Waals surface area contributed by atoms with Crippen molar-refractivity contribution in [3.63, 3.8) is 0 Å². The molecular weight excluding hydrogens is 463 g/mol. The van der Waals surface area contributed by atoms with E-state index in [4.69, 9.17) is 0 Å². The van der Waals surface area contributed by atoms with Gasteiger partial charge < -0.3 is 0 Å². The molecule has 0 aliphatic carbocycles. The molecule has 0 bridgehead atoms. The number of hydrogen-bond donors (Lipinski definition) is 0. The second kappa shape index (κ2) is 16.1. The molecule has 3 rings (SSSR count). The molecule has 0 aliphatic heterocycles. The summed E-state index contributed by atoms with van der Waals surface area (Å²) in [6, 6.07) is 34.8. The van der Waals surface area contributed by atoms with Gasteiger partial charge in [-0.1, -0.05) is 19.8 Å². The van der Waals surface area contributed by atoms with E-state index in [1.807, 2.05) is 0 Å². The Bertz CT molecular complexity index is 864. The van der Waals surface area contributed by atoms with E-state index >= 15 is 0 Å². The fourth-order valence-electron chi connectivity index (χ4n) is 6.67. The van der Waals surface area contributed by atoms with E-state index in [-0.39, 0.29) is 0 Å². The van der Waals surface area contributed by atoms with Crippen molar-refractivity contribution in [2.24, 2.45) is 0 Å². The van der Waals surface area contributed by atoms with Crippen molar-refractivity contribution in [2.75, 3.05) is 12.3 Å². The minimum atomic E-state index is -2.59.